The normalized spacial score (nSPS) is 12.5. The lowest BCUT2D eigenvalue weighted by atomic mass is 10.1. The van der Waals surface area contributed by atoms with E-state index in [0.29, 0.717) is 10.9 Å². The Hall–Kier alpha value is -2.21. The SMILES string of the molecule is CC(Oc1ccc2nc(N)sc2c1)c1c(F)cccc1F. The number of rotatable bonds is 3. The number of hydrogen-bond donors (Lipinski definition) is 1. The highest BCUT2D eigenvalue weighted by Gasteiger charge is 2.17. The van der Waals surface area contributed by atoms with Crippen LogP contribution >= 0.6 is 11.3 Å². The zero-order valence-corrected chi connectivity index (χ0v) is 12.0. The van der Waals surface area contributed by atoms with Crippen molar-refractivity contribution in [1.82, 2.24) is 4.98 Å². The molecule has 21 heavy (non-hydrogen) atoms. The lowest BCUT2D eigenvalue weighted by Gasteiger charge is -2.16. The summed E-state index contributed by atoms with van der Waals surface area (Å²) in [6, 6.07) is 8.99. The molecule has 3 aromatic rings. The Bertz CT molecular complexity index is 783. The van der Waals surface area contributed by atoms with E-state index >= 15 is 0 Å². The van der Waals surface area contributed by atoms with Crippen molar-refractivity contribution in [2.75, 3.05) is 5.73 Å². The van der Waals surface area contributed by atoms with Gasteiger partial charge in [-0.1, -0.05) is 17.4 Å². The van der Waals surface area contributed by atoms with Gasteiger partial charge in [-0.05, 0) is 37.3 Å². The number of thiazole rings is 1. The Morgan fingerprint density at radius 2 is 1.90 bits per heavy atom. The molecule has 0 bridgehead atoms. The second-order valence-electron chi connectivity index (χ2n) is 4.58. The average molecular weight is 306 g/mol. The number of nitrogens with two attached hydrogens (primary N) is 1. The van der Waals surface area contributed by atoms with Crippen molar-refractivity contribution < 1.29 is 13.5 Å². The third kappa shape index (κ3) is 2.67. The van der Waals surface area contributed by atoms with Crippen molar-refractivity contribution >= 4 is 26.7 Å². The summed E-state index contributed by atoms with van der Waals surface area (Å²) in [5, 5.41) is 0.468. The van der Waals surface area contributed by atoms with Gasteiger partial charge in [0.15, 0.2) is 5.13 Å². The monoisotopic (exact) mass is 306 g/mol. The molecule has 0 fully saturated rings. The summed E-state index contributed by atoms with van der Waals surface area (Å²) < 4.78 is 33.9. The summed E-state index contributed by atoms with van der Waals surface area (Å²) in [6.45, 7) is 1.60. The number of anilines is 1. The lowest BCUT2D eigenvalue weighted by molar-refractivity contribution is 0.216. The highest BCUT2D eigenvalue weighted by atomic mass is 32.1. The van der Waals surface area contributed by atoms with Crippen molar-refractivity contribution in [2.45, 2.75) is 13.0 Å². The quantitative estimate of drug-likeness (QED) is 0.785. The molecule has 1 unspecified atom stereocenters. The van der Waals surface area contributed by atoms with Crippen LogP contribution in [0.3, 0.4) is 0 Å². The van der Waals surface area contributed by atoms with Gasteiger partial charge in [-0.15, -0.1) is 0 Å². The molecule has 3 rings (SSSR count). The molecule has 0 aliphatic heterocycles. The van der Waals surface area contributed by atoms with Gasteiger partial charge in [0.2, 0.25) is 0 Å². The zero-order valence-electron chi connectivity index (χ0n) is 11.1. The molecular weight excluding hydrogens is 294 g/mol. The lowest BCUT2D eigenvalue weighted by Crippen LogP contribution is -2.08. The molecule has 1 atom stereocenters. The second-order valence-corrected chi connectivity index (χ2v) is 5.64. The van der Waals surface area contributed by atoms with Gasteiger partial charge in [-0.25, -0.2) is 13.8 Å². The van der Waals surface area contributed by atoms with Crippen LogP contribution in [0.1, 0.15) is 18.6 Å². The van der Waals surface area contributed by atoms with Gasteiger partial charge in [0.25, 0.3) is 0 Å². The fraction of sp³-hybridized carbons (Fsp3) is 0.133. The number of fused-ring (bicyclic) bond motifs is 1. The molecule has 1 aromatic heterocycles. The molecule has 0 aliphatic carbocycles. The summed E-state index contributed by atoms with van der Waals surface area (Å²) in [4.78, 5) is 4.14. The average Bonchev–Trinajstić information content (AvgIpc) is 2.77. The Morgan fingerprint density at radius 1 is 1.19 bits per heavy atom. The van der Waals surface area contributed by atoms with Crippen LogP contribution in [0.15, 0.2) is 36.4 Å². The summed E-state index contributed by atoms with van der Waals surface area (Å²) in [5.41, 5.74) is 6.33. The van der Waals surface area contributed by atoms with E-state index in [1.807, 2.05) is 0 Å². The molecule has 1 heterocycles. The topological polar surface area (TPSA) is 48.1 Å². The fourth-order valence-electron chi connectivity index (χ4n) is 2.16. The molecule has 0 saturated heterocycles. The largest absolute Gasteiger partial charge is 0.486 e. The number of nitrogen functional groups attached to an aromatic ring is 1. The molecule has 6 heteroatoms. The highest BCUT2D eigenvalue weighted by molar-refractivity contribution is 7.22. The predicted octanol–water partition coefficient (Wildman–Crippen LogP) is 4.30. The first-order chi connectivity index (χ1) is 10.0. The number of nitrogens with zero attached hydrogens (tertiary/aromatic N) is 1. The van der Waals surface area contributed by atoms with E-state index in [9.17, 15) is 8.78 Å². The predicted molar refractivity (Wildman–Crippen MR) is 79.4 cm³/mol. The van der Waals surface area contributed by atoms with Gasteiger partial charge in [0.05, 0.1) is 15.8 Å². The molecule has 0 saturated carbocycles. The maximum Gasteiger partial charge on any atom is 0.181 e. The number of aromatic nitrogens is 1. The van der Waals surface area contributed by atoms with Crippen LogP contribution in [-0.4, -0.2) is 4.98 Å². The first kappa shape index (κ1) is 13.8. The van der Waals surface area contributed by atoms with Crippen molar-refractivity contribution in [3.05, 3.63) is 53.6 Å². The number of hydrogen-bond acceptors (Lipinski definition) is 4. The molecule has 0 spiro atoms. The third-order valence-corrected chi connectivity index (χ3v) is 3.94. The molecule has 0 amide bonds. The Labute approximate surface area is 124 Å². The van der Waals surface area contributed by atoms with E-state index in [1.54, 1.807) is 25.1 Å². The van der Waals surface area contributed by atoms with Gasteiger partial charge < -0.3 is 10.5 Å². The second kappa shape index (κ2) is 5.29. The number of benzene rings is 2. The van der Waals surface area contributed by atoms with Gasteiger partial charge >= 0.3 is 0 Å². The first-order valence-electron chi connectivity index (χ1n) is 6.31. The standard InChI is InChI=1S/C15H12F2N2OS/c1-8(14-10(16)3-2-4-11(14)17)20-9-5-6-12-13(7-9)21-15(18)19-12/h2-8H,1H3,(H2,18,19). The van der Waals surface area contributed by atoms with Gasteiger partial charge in [0, 0.05) is 0 Å². The Kier molecular flexibility index (Phi) is 3.47. The van der Waals surface area contributed by atoms with Crippen LogP contribution in [0.4, 0.5) is 13.9 Å². The molecule has 0 radical (unpaired) electrons. The zero-order chi connectivity index (χ0) is 15.0. The minimum absolute atomic E-state index is 0.0820. The van der Waals surface area contributed by atoms with Crippen molar-refractivity contribution in [3.8, 4) is 5.75 Å². The number of halogens is 2. The summed E-state index contributed by atoms with van der Waals surface area (Å²) in [5.74, 6) is -0.725. The van der Waals surface area contributed by atoms with E-state index in [1.165, 1.54) is 29.5 Å². The Morgan fingerprint density at radius 3 is 2.62 bits per heavy atom. The minimum Gasteiger partial charge on any atom is -0.486 e. The van der Waals surface area contributed by atoms with Crippen molar-refractivity contribution in [2.24, 2.45) is 0 Å². The van der Waals surface area contributed by atoms with E-state index in [2.05, 4.69) is 4.98 Å². The van der Waals surface area contributed by atoms with Crippen molar-refractivity contribution in [3.63, 3.8) is 0 Å². The highest BCUT2D eigenvalue weighted by Crippen LogP contribution is 2.31. The van der Waals surface area contributed by atoms with Gasteiger partial charge in [-0.2, -0.15) is 0 Å². The number of ether oxygens (including phenoxy) is 1. The smallest absolute Gasteiger partial charge is 0.181 e. The van der Waals surface area contributed by atoms with Crippen molar-refractivity contribution in [1.29, 1.82) is 0 Å². The molecule has 3 nitrogen and oxygen atoms in total. The van der Waals surface area contributed by atoms with Crippen LogP contribution in [0.5, 0.6) is 5.75 Å². The van der Waals surface area contributed by atoms with Crippen LogP contribution < -0.4 is 10.5 Å². The molecule has 0 aliphatic rings. The fourth-order valence-corrected chi connectivity index (χ4v) is 2.92. The van der Waals surface area contributed by atoms with Crippen LogP contribution in [-0.2, 0) is 0 Å². The van der Waals surface area contributed by atoms with Gasteiger partial charge in [0.1, 0.15) is 23.5 Å². The minimum atomic E-state index is -0.742. The molecule has 108 valence electrons. The van der Waals surface area contributed by atoms with E-state index in [4.69, 9.17) is 10.5 Å². The van der Waals surface area contributed by atoms with E-state index in [-0.39, 0.29) is 5.56 Å². The van der Waals surface area contributed by atoms with E-state index < -0.39 is 17.7 Å². The van der Waals surface area contributed by atoms with E-state index in [0.717, 1.165) is 10.2 Å². The summed E-state index contributed by atoms with van der Waals surface area (Å²) >= 11 is 1.33. The maximum absolute atomic E-state index is 13.7. The first-order valence-corrected chi connectivity index (χ1v) is 7.13. The molecule has 2 aromatic carbocycles. The van der Waals surface area contributed by atoms with Crippen LogP contribution in [0.2, 0.25) is 0 Å². The summed E-state index contributed by atoms with van der Waals surface area (Å²) in [6.07, 6.45) is -0.742. The Balaban J connectivity index is 1.90. The molecule has 2 N–H and O–H groups in total. The van der Waals surface area contributed by atoms with Crippen LogP contribution in [0.25, 0.3) is 10.2 Å². The molecular formula is C15H12F2N2OS. The van der Waals surface area contributed by atoms with Crippen LogP contribution in [0, 0.1) is 11.6 Å². The summed E-state index contributed by atoms with van der Waals surface area (Å²) in [7, 11) is 0. The van der Waals surface area contributed by atoms with Gasteiger partial charge in [-0.3, -0.25) is 0 Å². The third-order valence-electron chi connectivity index (χ3n) is 3.10. The maximum atomic E-state index is 13.7.